The van der Waals surface area contributed by atoms with Crippen molar-refractivity contribution in [2.45, 2.75) is 70.5 Å². The van der Waals surface area contributed by atoms with Gasteiger partial charge in [-0.05, 0) is 81.0 Å². The van der Waals surface area contributed by atoms with Crippen LogP contribution in [0.2, 0.25) is 0 Å². The molecule has 21 heavy (non-hydrogen) atoms. The van der Waals surface area contributed by atoms with E-state index in [4.69, 9.17) is 0 Å². The lowest BCUT2D eigenvalue weighted by atomic mass is 9.50. The second kappa shape index (κ2) is 4.79. The van der Waals surface area contributed by atoms with Gasteiger partial charge in [0.25, 0.3) is 0 Å². The molecular weight excluding hydrogens is 264 g/mol. The molecule has 0 unspecified atom stereocenters. The first-order chi connectivity index (χ1) is 10.0. The minimum absolute atomic E-state index is 0.0773. The molecule has 118 valence electrons. The maximum Gasteiger partial charge on any atom is 0.167 e. The number of fused-ring (bicyclic) bond motifs is 5. The summed E-state index contributed by atoms with van der Waals surface area (Å²) in [6, 6.07) is 0. The molecule has 4 rings (SSSR count). The highest BCUT2D eigenvalue weighted by Gasteiger charge is 2.59. The van der Waals surface area contributed by atoms with Crippen LogP contribution in [0.25, 0.3) is 0 Å². The molecule has 4 aliphatic carbocycles. The molecule has 8 atom stereocenters. The van der Waals surface area contributed by atoms with Crippen LogP contribution in [-0.2, 0) is 4.79 Å². The number of carbonyl (C=O) groups excluding carboxylic acids is 1. The van der Waals surface area contributed by atoms with Gasteiger partial charge >= 0.3 is 0 Å². The fourth-order valence-electron chi connectivity index (χ4n) is 6.62. The van der Waals surface area contributed by atoms with Gasteiger partial charge in [-0.2, -0.15) is 0 Å². The standard InChI is InChI=1S/C18H28O3/c1-18-7-6-13-12-5-3-11(19)8-10(12)2-4-14(13)15(18)9-16(20)17(18)21/h10-16,19-20H,2-9H2,1H3/t10-,11-,12-,13+,14+,15-,16+,18-/m0/s1. The highest BCUT2D eigenvalue weighted by Crippen LogP contribution is 2.61. The van der Waals surface area contributed by atoms with Crippen molar-refractivity contribution in [1.82, 2.24) is 0 Å². The quantitative estimate of drug-likeness (QED) is 0.721. The summed E-state index contributed by atoms with van der Waals surface area (Å²) in [5.74, 6) is 3.39. The summed E-state index contributed by atoms with van der Waals surface area (Å²) in [4.78, 5) is 12.4. The minimum atomic E-state index is -0.704. The summed E-state index contributed by atoms with van der Waals surface area (Å²) in [6.07, 6.45) is 7.62. The zero-order valence-electron chi connectivity index (χ0n) is 13.0. The van der Waals surface area contributed by atoms with E-state index in [2.05, 4.69) is 6.92 Å². The third kappa shape index (κ3) is 1.96. The van der Waals surface area contributed by atoms with E-state index in [1.165, 1.54) is 19.3 Å². The molecule has 0 aromatic carbocycles. The monoisotopic (exact) mass is 292 g/mol. The van der Waals surface area contributed by atoms with E-state index in [-0.39, 0.29) is 17.3 Å². The lowest BCUT2D eigenvalue weighted by Crippen LogP contribution is -2.49. The van der Waals surface area contributed by atoms with Crippen molar-refractivity contribution in [2.75, 3.05) is 0 Å². The van der Waals surface area contributed by atoms with Crippen LogP contribution in [0.4, 0.5) is 0 Å². The van der Waals surface area contributed by atoms with Gasteiger partial charge in [0.2, 0.25) is 0 Å². The second-order valence-electron chi connectivity index (χ2n) is 8.47. The Balaban J connectivity index is 1.59. The van der Waals surface area contributed by atoms with Crippen LogP contribution in [0.3, 0.4) is 0 Å². The van der Waals surface area contributed by atoms with Gasteiger partial charge in [0.1, 0.15) is 6.10 Å². The summed E-state index contributed by atoms with van der Waals surface area (Å²) < 4.78 is 0. The first kappa shape index (κ1) is 14.2. The molecule has 2 N–H and O–H groups in total. The lowest BCUT2D eigenvalue weighted by molar-refractivity contribution is -0.137. The molecule has 3 nitrogen and oxygen atoms in total. The van der Waals surface area contributed by atoms with Crippen molar-refractivity contribution in [3.05, 3.63) is 0 Å². The number of rotatable bonds is 0. The summed E-state index contributed by atoms with van der Waals surface area (Å²) in [7, 11) is 0. The average molecular weight is 292 g/mol. The third-order valence-electron chi connectivity index (χ3n) is 7.66. The highest BCUT2D eigenvalue weighted by atomic mass is 16.3. The van der Waals surface area contributed by atoms with Crippen LogP contribution >= 0.6 is 0 Å². The van der Waals surface area contributed by atoms with Crippen LogP contribution in [0, 0.1) is 35.0 Å². The largest absolute Gasteiger partial charge is 0.393 e. The van der Waals surface area contributed by atoms with Crippen molar-refractivity contribution in [1.29, 1.82) is 0 Å². The number of Topliss-reactive ketones (excluding diaryl/α,β-unsaturated/α-hetero) is 1. The molecule has 0 spiro atoms. The second-order valence-corrected chi connectivity index (χ2v) is 8.47. The third-order valence-corrected chi connectivity index (χ3v) is 7.66. The number of aliphatic hydroxyl groups is 2. The van der Waals surface area contributed by atoms with E-state index in [1.807, 2.05) is 0 Å². The molecule has 0 aromatic heterocycles. The van der Waals surface area contributed by atoms with Gasteiger partial charge in [0.05, 0.1) is 6.10 Å². The smallest absolute Gasteiger partial charge is 0.167 e. The van der Waals surface area contributed by atoms with Crippen LogP contribution < -0.4 is 0 Å². The Hall–Kier alpha value is -0.410. The molecule has 4 aliphatic rings. The van der Waals surface area contributed by atoms with Gasteiger partial charge in [-0.25, -0.2) is 0 Å². The summed E-state index contributed by atoms with van der Waals surface area (Å²) in [5.41, 5.74) is -0.248. The summed E-state index contributed by atoms with van der Waals surface area (Å²) in [5, 5.41) is 20.0. The van der Waals surface area contributed by atoms with E-state index >= 15 is 0 Å². The van der Waals surface area contributed by atoms with E-state index in [9.17, 15) is 15.0 Å². The van der Waals surface area contributed by atoms with E-state index in [0.717, 1.165) is 37.5 Å². The molecule has 0 radical (unpaired) electrons. The maximum atomic E-state index is 12.4. The topological polar surface area (TPSA) is 57.5 Å². The molecule has 0 saturated heterocycles. The van der Waals surface area contributed by atoms with E-state index in [1.54, 1.807) is 0 Å². The van der Waals surface area contributed by atoms with E-state index < -0.39 is 6.10 Å². The number of hydrogen-bond donors (Lipinski definition) is 2. The highest BCUT2D eigenvalue weighted by molar-refractivity contribution is 5.91. The van der Waals surface area contributed by atoms with Crippen molar-refractivity contribution in [2.24, 2.45) is 35.0 Å². The first-order valence-electron chi connectivity index (χ1n) is 8.91. The molecule has 4 fully saturated rings. The van der Waals surface area contributed by atoms with Crippen molar-refractivity contribution in [3.63, 3.8) is 0 Å². The maximum absolute atomic E-state index is 12.4. The predicted molar refractivity (Wildman–Crippen MR) is 79.5 cm³/mol. The number of aliphatic hydroxyl groups excluding tert-OH is 2. The summed E-state index contributed by atoms with van der Waals surface area (Å²) in [6.45, 7) is 2.11. The van der Waals surface area contributed by atoms with Crippen molar-refractivity contribution in [3.8, 4) is 0 Å². The summed E-state index contributed by atoms with van der Waals surface area (Å²) >= 11 is 0. The van der Waals surface area contributed by atoms with Gasteiger partial charge in [0, 0.05) is 5.41 Å². The van der Waals surface area contributed by atoms with Gasteiger partial charge in [-0.15, -0.1) is 0 Å². The zero-order chi connectivity index (χ0) is 14.8. The van der Waals surface area contributed by atoms with Gasteiger partial charge < -0.3 is 10.2 Å². The molecule has 0 aliphatic heterocycles. The molecule has 0 amide bonds. The molecule has 0 aromatic rings. The van der Waals surface area contributed by atoms with Crippen LogP contribution in [-0.4, -0.2) is 28.2 Å². The molecule has 4 saturated carbocycles. The normalized spacial score (nSPS) is 56.5. The Morgan fingerprint density at radius 2 is 1.71 bits per heavy atom. The number of carbonyl (C=O) groups is 1. The fourth-order valence-corrected chi connectivity index (χ4v) is 6.62. The van der Waals surface area contributed by atoms with Crippen LogP contribution in [0.15, 0.2) is 0 Å². The molecular formula is C18H28O3. The van der Waals surface area contributed by atoms with Gasteiger partial charge in [-0.1, -0.05) is 6.92 Å². The van der Waals surface area contributed by atoms with Crippen LogP contribution in [0.1, 0.15) is 58.3 Å². The molecule has 3 heteroatoms. The van der Waals surface area contributed by atoms with E-state index in [0.29, 0.717) is 24.2 Å². The average Bonchev–Trinajstić information content (AvgIpc) is 2.70. The predicted octanol–water partition coefficient (Wildman–Crippen LogP) is 2.54. The number of ketones is 1. The Labute approximate surface area is 127 Å². The number of hydrogen-bond acceptors (Lipinski definition) is 3. The Morgan fingerprint density at radius 1 is 0.952 bits per heavy atom. The van der Waals surface area contributed by atoms with Crippen molar-refractivity contribution >= 4 is 5.78 Å². The zero-order valence-corrected chi connectivity index (χ0v) is 13.0. The fraction of sp³-hybridized carbons (Fsp3) is 0.944. The lowest BCUT2D eigenvalue weighted by Gasteiger charge is -2.54. The Morgan fingerprint density at radius 3 is 2.52 bits per heavy atom. The first-order valence-corrected chi connectivity index (χ1v) is 8.91. The molecule has 0 heterocycles. The van der Waals surface area contributed by atoms with Gasteiger partial charge in [0.15, 0.2) is 5.78 Å². The SMILES string of the molecule is C[C@]12CC[C@H]3[C@@H](CC[C@H]4C[C@@H](O)CC[C@@H]43)[C@@H]1C[C@@H](O)C2=O. The Bertz CT molecular complexity index is 448. The van der Waals surface area contributed by atoms with Crippen molar-refractivity contribution < 1.29 is 15.0 Å². The van der Waals surface area contributed by atoms with Crippen LogP contribution in [0.5, 0.6) is 0 Å². The van der Waals surface area contributed by atoms with Gasteiger partial charge in [-0.3, -0.25) is 4.79 Å². The molecule has 0 bridgehead atoms. The minimum Gasteiger partial charge on any atom is -0.393 e. The Kier molecular flexibility index (Phi) is 3.24.